The highest BCUT2D eigenvalue weighted by molar-refractivity contribution is 6.30. The van der Waals surface area contributed by atoms with Gasteiger partial charge in [0.15, 0.2) is 0 Å². The monoisotopic (exact) mass is 360 g/mol. The first-order valence-corrected chi connectivity index (χ1v) is 8.72. The van der Waals surface area contributed by atoms with Gasteiger partial charge in [-0.05, 0) is 43.5 Å². The van der Waals surface area contributed by atoms with Gasteiger partial charge in [-0.1, -0.05) is 23.7 Å². The number of benzene rings is 1. The average molecular weight is 361 g/mol. The minimum absolute atomic E-state index is 0.106. The number of halogens is 1. The van der Waals surface area contributed by atoms with Crippen molar-refractivity contribution in [2.45, 2.75) is 32.4 Å². The molecule has 25 heavy (non-hydrogen) atoms. The van der Waals surface area contributed by atoms with Crippen molar-refractivity contribution in [3.05, 3.63) is 52.3 Å². The lowest BCUT2D eigenvalue weighted by Gasteiger charge is -2.11. The first kappa shape index (κ1) is 17.6. The fourth-order valence-corrected chi connectivity index (χ4v) is 2.78. The summed E-state index contributed by atoms with van der Waals surface area (Å²) in [6, 6.07) is 9.21. The molecule has 1 aromatic carbocycles. The van der Waals surface area contributed by atoms with Crippen LogP contribution in [-0.4, -0.2) is 35.1 Å². The maximum atomic E-state index is 12.3. The summed E-state index contributed by atoms with van der Waals surface area (Å²) in [5.74, 6) is 0.216. The van der Waals surface area contributed by atoms with Crippen molar-refractivity contribution >= 4 is 23.5 Å². The zero-order valence-corrected chi connectivity index (χ0v) is 14.8. The lowest BCUT2D eigenvalue weighted by atomic mass is 10.2. The second-order valence-corrected chi connectivity index (χ2v) is 6.48. The molecule has 1 aliphatic heterocycles. The van der Waals surface area contributed by atoms with E-state index in [9.17, 15) is 4.79 Å². The third-order valence-electron chi connectivity index (χ3n) is 3.97. The summed E-state index contributed by atoms with van der Waals surface area (Å²) in [5.41, 5.74) is 2.14. The van der Waals surface area contributed by atoms with Gasteiger partial charge < -0.3 is 15.4 Å². The fourth-order valence-electron chi connectivity index (χ4n) is 2.65. The Morgan fingerprint density at radius 2 is 2.12 bits per heavy atom. The van der Waals surface area contributed by atoms with Gasteiger partial charge in [0, 0.05) is 30.4 Å². The van der Waals surface area contributed by atoms with Crippen LogP contribution in [0.2, 0.25) is 5.02 Å². The maximum absolute atomic E-state index is 12.3. The molecule has 1 aliphatic rings. The zero-order chi connectivity index (χ0) is 17.6. The predicted octanol–water partition coefficient (Wildman–Crippen LogP) is 2.96. The molecule has 3 rings (SSSR count). The van der Waals surface area contributed by atoms with Gasteiger partial charge in [-0.3, -0.25) is 4.79 Å². The van der Waals surface area contributed by atoms with Crippen LogP contribution in [0.5, 0.6) is 0 Å². The van der Waals surface area contributed by atoms with E-state index in [0.29, 0.717) is 29.8 Å². The molecule has 1 unspecified atom stereocenters. The Bertz CT molecular complexity index is 730. The van der Waals surface area contributed by atoms with Gasteiger partial charge in [-0.25, -0.2) is 9.97 Å². The number of aryl methyl sites for hydroxylation is 1. The number of hydrogen-bond donors (Lipinski definition) is 2. The molecule has 0 saturated carbocycles. The number of nitrogens with one attached hydrogen (secondary N) is 2. The second kappa shape index (κ2) is 8.27. The molecule has 2 heterocycles. The summed E-state index contributed by atoms with van der Waals surface area (Å²) in [4.78, 5) is 21.0. The van der Waals surface area contributed by atoms with Crippen molar-refractivity contribution in [2.75, 3.05) is 18.5 Å². The fraction of sp³-hybridized carbons (Fsp3) is 0.389. The molecule has 1 amide bonds. The van der Waals surface area contributed by atoms with Crippen LogP contribution in [-0.2, 0) is 11.3 Å². The highest BCUT2D eigenvalue weighted by atomic mass is 35.5. The Balaban J connectivity index is 1.60. The van der Waals surface area contributed by atoms with Gasteiger partial charge in [0.05, 0.1) is 6.10 Å². The molecule has 7 heteroatoms. The molecule has 2 N–H and O–H groups in total. The van der Waals surface area contributed by atoms with Crippen molar-refractivity contribution in [1.29, 1.82) is 0 Å². The highest BCUT2D eigenvalue weighted by Gasteiger charge is 2.17. The number of carbonyl (C=O) groups is 1. The van der Waals surface area contributed by atoms with E-state index < -0.39 is 0 Å². The Kier molecular flexibility index (Phi) is 5.83. The lowest BCUT2D eigenvalue weighted by Crippen LogP contribution is -2.32. The SMILES string of the molecule is Cc1cc(C(=O)NCC2CCCO2)nc(NCc2ccc(Cl)cc2)n1. The van der Waals surface area contributed by atoms with Gasteiger partial charge in [0.1, 0.15) is 5.69 Å². The highest BCUT2D eigenvalue weighted by Crippen LogP contribution is 2.13. The molecule has 6 nitrogen and oxygen atoms in total. The summed E-state index contributed by atoms with van der Waals surface area (Å²) in [5, 5.41) is 6.72. The van der Waals surface area contributed by atoms with Gasteiger partial charge in [0.2, 0.25) is 5.95 Å². The van der Waals surface area contributed by atoms with Crippen LogP contribution in [0.4, 0.5) is 5.95 Å². The smallest absolute Gasteiger partial charge is 0.270 e. The molecule has 1 atom stereocenters. The number of rotatable bonds is 6. The van der Waals surface area contributed by atoms with E-state index in [2.05, 4.69) is 20.6 Å². The van der Waals surface area contributed by atoms with E-state index in [1.165, 1.54) is 0 Å². The van der Waals surface area contributed by atoms with E-state index in [0.717, 1.165) is 30.7 Å². The lowest BCUT2D eigenvalue weighted by molar-refractivity contribution is 0.0853. The van der Waals surface area contributed by atoms with Crippen LogP contribution in [0.3, 0.4) is 0 Å². The number of carbonyl (C=O) groups excluding carboxylic acids is 1. The van der Waals surface area contributed by atoms with E-state index in [1.807, 2.05) is 31.2 Å². The van der Waals surface area contributed by atoms with Crippen molar-refractivity contribution in [3.8, 4) is 0 Å². The molecule has 132 valence electrons. The van der Waals surface area contributed by atoms with Crippen molar-refractivity contribution < 1.29 is 9.53 Å². The van der Waals surface area contributed by atoms with E-state index >= 15 is 0 Å². The Morgan fingerprint density at radius 3 is 2.84 bits per heavy atom. The third-order valence-corrected chi connectivity index (χ3v) is 4.22. The number of nitrogens with zero attached hydrogens (tertiary/aromatic N) is 2. The second-order valence-electron chi connectivity index (χ2n) is 6.04. The number of amides is 1. The van der Waals surface area contributed by atoms with Crippen molar-refractivity contribution in [2.24, 2.45) is 0 Å². The van der Waals surface area contributed by atoms with E-state index in [-0.39, 0.29) is 12.0 Å². The predicted molar refractivity (Wildman–Crippen MR) is 96.9 cm³/mol. The van der Waals surface area contributed by atoms with Crippen LogP contribution in [0.15, 0.2) is 30.3 Å². The molecule has 2 aromatic rings. The summed E-state index contributed by atoms with van der Waals surface area (Å²) < 4.78 is 5.51. The Hall–Kier alpha value is -2.18. The van der Waals surface area contributed by atoms with Gasteiger partial charge in [0.25, 0.3) is 5.91 Å². The molecule has 1 saturated heterocycles. The van der Waals surface area contributed by atoms with Crippen molar-refractivity contribution in [1.82, 2.24) is 15.3 Å². The first-order chi connectivity index (χ1) is 12.1. The van der Waals surface area contributed by atoms with E-state index in [1.54, 1.807) is 6.07 Å². The zero-order valence-electron chi connectivity index (χ0n) is 14.1. The molecular formula is C18H21ClN4O2. The van der Waals surface area contributed by atoms with Crippen LogP contribution in [0.1, 0.15) is 34.6 Å². The third kappa shape index (κ3) is 5.14. The summed E-state index contributed by atoms with van der Waals surface area (Å²) in [6.45, 7) is 3.67. The van der Waals surface area contributed by atoms with Crippen molar-refractivity contribution in [3.63, 3.8) is 0 Å². The van der Waals surface area contributed by atoms with Gasteiger partial charge in [-0.2, -0.15) is 0 Å². The van der Waals surface area contributed by atoms with Crippen LogP contribution < -0.4 is 10.6 Å². The standard InChI is InChI=1S/C18H21ClN4O2/c1-12-9-16(17(24)20-11-15-3-2-8-25-15)23-18(22-12)21-10-13-4-6-14(19)7-5-13/h4-7,9,15H,2-3,8,10-11H2,1H3,(H,20,24)(H,21,22,23). The minimum atomic E-state index is -0.212. The molecular weight excluding hydrogens is 340 g/mol. The molecule has 0 aliphatic carbocycles. The minimum Gasteiger partial charge on any atom is -0.376 e. The number of hydrogen-bond acceptors (Lipinski definition) is 5. The summed E-state index contributed by atoms with van der Waals surface area (Å²) >= 11 is 5.88. The molecule has 0 bridgehead atoms. The van der Waals surface area contributed by atoms with Gasteiger partial charge >= 0.3 is 0 Å². The molecule has 0 spiro atoms. The molecule has 1 aromatic heterocycles. The van der Waals surface area contributed by atoms with Gasteiger partial charge in [-0.15, -0.1) is 0 Å². The van der Waals surface area contributed by atoms with Crippen LogP contribution in [0.25, 0.3) is 0 Å². The maximum Gasteiger partial charge on any atom is 0.270 e. The van der Waals surface area contributed by atoms with Crippen LogP contribution in [0, 0.1) is 6.92 Å². The topological polar surface area (TPSA) is 76.1 Å². The first-order valence-electron chi connectivity index (χ1n) is 8.34. The number of aromatic nitrogens is 2. The van der Waals surface area contributed by atoms with E-state index in [4.69, 9.17) is 16.3 Å². The number of anilines is 1. The number of ether oxygens (including phenoxy) is 1. The quantitative estimate of drug-likeness (QED) is 0.828. The molecule has 1 fully saturated rings. The summed E-state index contributed by atoms with van der Waals surface area (Å²) in [6.07, 6.45) is 2.14. The Labute approximate surface area is 152 Å². The normalized spacial score (nSPS) is 16.6. The average Bonchev–Trinajstić information content (AvgIpc) is 3.12. The summed E-state index contributed by atoms with van der Waals surface area (Å²) in [7, 11) is 0. The largest absolute Gasteiger partial charge is 0.376 e. The van der Waals surface area contributed by atoms with Crippen LogP contribution >= 0.6 is 11.6 Å². The Morgan fingerprint density at radius 1 is 1.32 bits per heavy atom. The molecule has 0 radical (unpaired) electrons.